The summed E-state index contributed by atoms with van der Waals surface area (Å²) in [5, 5.41) is 10.1. The SMILES string of the molecule is CN(CCOc1ccccc1F)C(=O)c1cc(Cc2ccccc2)ccc1O. The fraction of sp³-hybridized carbons (Fsp3) is 0.174. The molecule has 1 N–H and O–H groups in total. The van der Waals surface area contributed by atoms with E-state index in [9.17, 15) is 14.3 Å². The third kappa shape index (κ3) is 4.88. The van der Waals surface area contributed by atoms with Crippen LogP contribution in [0.2, 0.25) is 0 Å². The average Bonchev–Trinajstić information content (AvgIpc) is 2.71. The van der Waals surface area contributed by atoms with Crippen molar-refractivity contribution in [3.8, 4) is 11.5 Å². The number of hydrogen-bond acceptors (Lipinski definition) is 3. The van der Waals surface area contributed by atoms with E-state index >= 15 is 0 Å². The van der Waals surface area contributed by atoms with Gasteiger partial charge in [0.25, 0.3) is 5.91 Å². The van der Waals surface area contributed by atoms with Gasteiger partial charge in [-0.3, -0.25) is 4.79 Å². The van der Waals surface area contributed by atoms with Crippen LogP contribution in [0.25, 0.3) is 0 Å². The molecule has 0 aliphatic rings. The van der Waals surface area contributed by atoms with Crippen LogP contribution in [0.5, 0.6) is 11.5 Å². The highest BCUT2D eigenvalue weighted by Gasteiger charge is 2.17. The zero-order valence-corrected chi connectivity index (χ0v) is 15.6. The molecule has 5 heteroatoms. The van der Waals surface area contributed by atoms with Crippen LogP contribution in [0.1, 0.15) is 21.5 Å². The smallest absolute Gasteiger partial charge is 0.257 e. The molecule has 0 saturated carbocycles. The van der Waals surface area contributed by atoms with Gasteiger partial charge in [-0.25, -0.2) is 4.39 Å². The highest BCUT2D eigenvalue weighted by Crippen LogP contribution is 2.22. The summed E-state index contributed by atoms with van der Waals surface area (Å²) >= 11 is 0. The van der Waals surface area contributed by atoms with Gasteiger partial charge in [-0.05, 0) is 41.8 Å². The van der Waals surface area contributed by atoms with Crippen LogP contribution in [0.15, 0.2) is 72.8 Å². The van der Waals surface area contributed by atoms with Gasteiger partial charge in [0.05, 0.1) is 12.1 Å². The molecule has 0 aliphatic heterocycles. The third-order valence-corrected chi connectivity index (χ3v) is 4.41. The van der Waals surface area contributed by atoms with Gasteiger partial charge in [0.15, 0.2) is 11.6 Å². The lowest BCUT2D eigenvalue weighted by molar-refractivity contribution is 0.0770. The third-order valence-electron chi connectivity index (χ3n) is 4.41. The largest absolute Gasteiger partial charge is 0.507 e. The number of phenols is 1. The van der Waals surface area contributed by atoms with E-state index in [1.54, 1.807) is 31.3 Å². The van der Waals surface area contributed by atoms with Crippen LogP contribution < -0.4 is 4.74 Å². The Balaban J connectivity index is 1.64. The number of benzene rings is 3. The molecule has 0 heterocycles. The topological polar surface area (TPSA) is 49.8 Å². The summed E-state index contributed by atoms with van der Waals surface area (Å²) in [6.45, 7) is 0.406. The lowest BCUT2D eigenvalue weighted by atomic mass is 10.0. The second kappa shape index (κ2) is 9.04. The molecule has 3 aromatic carbocycles. The van der Waals surface area contributed by atoms with E-state index in [0.717, 1.165) is 11.1 Å². The van der Waals surface area contributed by atoms with Crippen molar-refractivity contribution in [1.29, 1.82) is 0 Å². The Labute approximate surface area is 163 Å². The summed E-state index contributed by atoms with van der Waals surface area (Å²) < 4.78 is 19.0. The summed E-state index contributed by atoms with van der Waals surface area (Å²) in [5.74, 6) is -0.674. The number of amides is 1. The Kier molecular flexibility index (Phi) is 6.27. The number of likely N-dealkylation sites (N-methyl/N-ethyl adjacent to an activating group) is 1. The van der Waals surface area contributed by atoms with Gasteiger partial charge in [0.1, 0.15) is 12.4 Å². The van der Waals surface area contributed by atoms with Crippen LogP contribution in [-0.4, -0.2) is 36.1 Å². The van der Waals surface area contributed by atoms with Crippen LogP contribution >= 0.6 is 0 Å². The molecule has 144 valence electrons. The zero-order valence-electron chi connectivity index (χ0n) is 15.6. The number of ether oxygens (including phenoxy) is 1. The highest BCUT2D eigenvalue weighted by atomic mass is 19.1. The number of carbonyl (C=O) groups excluding carboxylic acids is 1. The van der Waals surface area contributed by atoms with Crippen molar-refractivity contribution in [2.75, 3.05) is 20.2 Å². The molecule has 0 aliphatic carbocycles. The predicted molar refractivity (Wildman–Crippen MR) is 106 cm³/mol. The molecule has 0 atom stereocenters. The molecule has 1 amide bonds. The fourth-order valence-electron chi connectivity index (χ4n) is 2.86. The molecule has 0 aromatic heterocycles. The van der Waals surface area contributed by atoms with Gasteiger partial charge in [0, 0.05) is 7.05 Å². The molecule has 0 spiro atoms. The van der Waals surface area contributed by atoms with Crippen molar-refractivity contribution in [2.24, 2.45) is 0 Å². The molecular weight excluding hydrogens is 357 g/mol. The first kappa shape index (κ1) is 19.4. The minimum Gasteiger partial charge on any atom is -0.507 e. The van der Waals surface area contributed by atoms with Crippen molar-refractivity contribution in [1.82, 2.24) is 4.90 Å². The first-order valence-electron chi connectivity index (χ1n) is 9.03. The Morgan fingerprint density at radius 3 is 2.46 bits per heavy atom. The maximum atomic E-state index is 13.6. The van der Waals surface area contributed by atoms with Crippen molar-refractivity contribution < 1.29 is 19.0 Å². The van der Waals surface area contributed by atoms with Gasteiger partial charge >= 0.3 is 0 Å². The number of nitrogens with zero attached hydrogens (tertiary/aromatic N) is 1. The Morgan fingerprint density at radius 1 is 1.00 bits per heavy atom. The van der Waals surface area contributed by atoms with E-state index in [4.69, 9.17) is 4.74 Å². The summed E-state index contributed by atoms with van der Waals surface area (Å²) in [5.41, 5.74) is 2.29. The Hall–Kier alpha value is -3.34. The van der Waals surface area contributed by atoms with E-state index < -0.39 is 5.82 Å². The lowest BCUT2D eigenvalue weighted by Gasteiger charge is -2.19. The maximum absolute atomic E-state index is 13.6. The first-order chi connectivity index (χ1) is 13.5. The number of para-hydroxylation sites is 1. The number of aromatic hydroxyl groups is 1. The number of rotatable bonds is 7. The van der Waals surface area contributed by atoms with Gasteiger partial charge in [-0.2, -0.15) is 0 Å². The van der Waals surface area contributed by atoms with Gasteiger partial charge in [-0.1, -0.05) is 48.5 Å². The normalized spacial score (nSPS) is 10.5. The van der Waals surface area contributed by atoms with Gasteiger partial charge < -0.3 is 14.7 Å². The van der Waals surface area contributed by atoms with Crippen LogP contribution in [-0.2, 0) is 6.42 Å². The molecule has 0 unspecified atom stereocenters. The summed E-state index contributed by atoms with van der Waals surface area (Å²) in [4.78, 5) is 14.2. The van der Waals surface area contributed by atoms with Gasteiger partial charge in [0.2, 0.25) is 0 Å². The van der Waals surface area contributed by atoms with Crippen molar-refractivity contribution in [2.45, 2.75) is 6.42 Å². The monoisotopic (exact) mass is 379 g/mol. The zero-order chi connectivity index (χ0) is 19.9. The van der Waals surface area contributed by atoms with E-state index in [2.05, 4.69) is 0 Å². The van der Waals surface area contributed by atoms with Crippen LogP contribution in [0.4, 0.5) is 4.39 Å². The minimum absolute atomic E-state index is 0.0660. The molecule has 4 nitrogen and oxygen atoms in total. The molecule has 28 heavy (non-hydrogen) atoms. The molecule has 0 radical (unpaired) electrons. The quantitative estimate of drug-likeness (QED) is 0.667. The van der Waals surface area contributed by atoms with Crippen molar-refractivity contribution in [3.63, 3.8) is 0 Å². The van der Waals surface area contributed by atoms with E-state index in [1.807, 2.05) is 30.3 Å². The second-order valence-electron chi connectivity index (χ2n) is 6.52. The molecule has 0 bridgehead atoms. The maximum Gasteiger partial charge on any atom is 0.257 e. The average molecular weight is 379 g/mol. The molecule has 3 aromatic rings. The van der Waals surface area contributed by atoms with Crippen LogP contribution in [0.3, 0.4) is 0 Å². The summed E-state index contributed by atoms with van der Waals surface area (Å²) in [6.07, 6.45) is 0.668. The summed E-state index contributed by atoms with van der Waals surface area (Å²) in [6, 6.07) is 21.1. The Bertz CT molecular complexity index is 944. The first-order valence-corrected chi connectivity index (χ1v) is 9.03. The number of hydrogen-bond donors (Lipinski definition) is 1. The fourth-order valence-corrected chi connectivity index (χ4v) is 2.86. The number of phenolic OH excluding ortho intramolecular Hbond substituents is 1. The van der Waals surface area contributed by atoms with Gasteiger partial charge in [-0.15, -0.1) is 0 Å². The lowest BCUT2D eigenvalue weighted by Crippen LogP contribution is -2.31. The standard InChI is InChI=1S/C23H22FNO3/c1-25(13-14-28-22-10-6-5-9-20(22)24)23(27)19-16-18(11-12-21(19)26)15-17-7-3-2-4-8-17/h2-12,16,26H,13-15H2,1H3. The highest BCUT2D eigenvalue weighted by molar-refractivity contribution is 5.96. The van der Waals surface area contributed by atoms with Crippen LogP contribution in [0, 0.1) is 5.82 Å². The van der Waals surface area contributed by atoms with E-state index in [1.165, 1.54) is 23.1 Å². The van der Waals surface area contributed by atoms with E-state index in [-0.39, 0.29) is 36.1 Å². The number of carbonyl (C=O) groups is 1. The van der Waals surface area contributed by atoms with Crippen molar-refractivity contribution >= 4 is 5.91 Å². The van der Waals surface area contributed by atoms with Crippen molar-refractivity contribution in [3.05, 3.63) is 95.3 Å². The summed E-state index contributed by atoms with van der Waals surface area (Å²) in [7, 11) is 1.62. The number of halogens is 1. The molecule has 0 fully saturated rings. The van der Waals surface area contributed by atoms with E-state index in [0.29, 0.717) is 6.42 Å². The predicted octanol–water partition coefficient (Wildman–Crippen LogP) is 4.27. The minimum atomic E-state index is -0.442. The molecule has 0 saturated heterocycles. The molecular formula is C23H22FNO3. The Morgan fingerprint density at radius 2 is 1.71 bits per heavy atom. The molecule has 3 rings (SSSR count). The second-order valence-corrected chi connectivity index (χ2v) is 6.52.